The molecule has 0 aliphatic rings. The molecule has 1 aromatic heterocycles. The third kappa shape index (κ3) is 3.55. The lowest BCUT2D eigenvalue weighted by Gasteiger charge is -2.01. The van der Waals surface area contributed by atoms with Crippen molar-refractivity contribution in [3.63, 3.8) is 0 Å². The molecule has 0 bridgehead atoms. The highest BCUT2D eigenvalue weighted by molar-refractivity contribution is 7.10. The summed E-state index contributed by atoms with van der Waals surface area (Å²) in [6, 6.07) is 1.86. The summed E-state index contributed by atoms with van der Waals surface area (Å²) >= 11 is 1.53. The molecule has 0 unspecified atom stereocenters. The summed E-state index contributed by atoms with van der Waals surface area (Å²) in [5.41, 5.74) is 0.670. The Morgan fingerprint density at radius 2 is 2.20 bits per heavy atom. The maximum Gasteiger partial charge on any atom is 0.352 e. The highest BCUT2D eigenvalue weighted by atomic mass is 32.1. The van der Waals surface area contributed by atoms with E-state index in [-0.39, 0.29) is 5.70 Å². The van der Waals surface area contributed by atoms with E-state index in [9.17, 15) is 9.59 Å². The lowest BCUT2D eigenvalue weighted by atomic mass is 10.2. The van der Waals surface area contributed by atoms with Gasteiger partial charge in [-0.15, -0.1) is 11.3 Å². The van der Waals surface area contributed by atoms with Crippen molar-refractivity contribution in [2.75, 3.05) is 0 Å². The van der Waals surface area contributed by atoms with Gasteiger partial charge in [-0.2, -0.15) is 0 Å². The molecule has 0 fully saturated rings. The van der Waals surface area contributed by atoms with Crippen LogP contribution in [-0.2, 0) is 9.59 Å². The van der Waals surface area contributed by atoms with Crippen molar-refractivity contribution in [1.82, 2.24) is 5.32 Å². The number of aliphatic carboxylic acids is 1. The second kappa shape index (κ2) is 4.75. The van der Waals surface area contributed by atoms with E-state index < -0.39 is 11.9 Å². The second-order valence-electron chi connectivity index (χ2n) is 3.04. The van der Waals surface area contributed by atoms with Crippen LogP contribution in [0.3, 0.4) is 0 Å². The van der Waals surface area contributed by atoms with Gasteiger partial charge in [-0.1, -0.05) is 0 Å². The van der Waals surface area contributed by atoms with Crippen LogP contribution < -0.4 is 5.32 Å². The molecule has 1 heterocycles. The Balaban J connectivity index is 2.93. The molecular formula is C10H11NO3S. The molecule has 2 N–H and O–H groups in total. The van der Waals surface area contributed by atoms with Crippen molar-refractivity contribution >= 4 is 29.3 Å². The van der Waals surface area contributed by atoms with Crippen molar-refractivity contribution in [3.8, 4) is 0 Å². The number of aryl methyl sites for hydroxylation is 1. The lowest BCUT2D eigenvalue weighted by molar-refractivity contribution is -0.134. The Labute approximate surface area is 91.2 Å². The van der Waals surface area contributed by atoms with Crippen LogP contribution in [0.15, 0.2) is 17.1 Å². The number of rotatable bonds is 3. The van der Waals surface area contributed by atoms with Gasteiger partial charge in [0, 0.05) is 11.8 Å². The van der Waals surface area contributed by atoms with Crippen LogP contribution in [0.25, 0.3) is 6.08 Å². The Morgan fingerprint density at radius 1 is 1.53 bits per heavy atom. The number of hydrogen-bond acceptors (Lipinski definition) is 3. The third-order valence-corrected chi connectivity index (χ3v) is 2.48. The van der Waals surface area contributed by atoms with Gasteiger partial charge in [0.1, 0.15) is 5.70 Å². The largest absolute Gasteiger partial charge is 0.477 e. The van der Waals surface area contributed by atoms with Crippen LogP contribution >= 0.6 is 11.3 Å². The number of thiophene rings is 1. The smallest absolute Gasteiger partial charge is 0.352 e. The number of amides is 1. The minimum absolute atomic E-state index is 0.111. The molecule has 5 heteroatoms. The van der Waals surface area contributed by atoms with Crippen molar-refractivity contribution in [2.45, 2.75) is 13.8 Å². The number of carbonyl (C=O) groups excluding carboxylic acids is 1. The zero-order chi connectivity index (χ0) is 11.4. The summed E-state index contributed by atoms with van der Waals surface area (Å²) in [6.07, 6.45) is 1.44. The van der Waals surface area contributed by atoms with E-state index in [0.717, 1.165) is 10.4 Å². The Bertz CT molecular complexity index is 420. The molecule has 0 aromatic carbocycles. The fourth-order valence-corrected chi connectivity index (χ4v) is 1.71. The minimum atomic E-state index is -1.14. The maximum atomic E-state index is 10.8. The number of carboxylic acids is 1. The van der Waals surface area contributed by atoms with E-state index in [0.29, 0.717) is 0 Å². The number of carboxylic acid groups (broad SMARTS) is 1. The second-order valence-corrected chi connectivity index (χ2v) is 4.15. The lowest BCUT2D eigenvalue weighted by Crippen LogP contribution is -2.24. The van der Waals surface area contributed by atoms with E-state index in [4.69, 9.17) is 5.11 Å². The van der Waals surface area contributed by atoms with E-state index in [1.54, 1.807) is 0 Å². The fourth-order valence-electron chi connectivity index (χ4n) is 1.05. The summed E-state index contributed by atoms with van der Waals surface area (Å²) in [5, 5.41) is 12.9. The van der Waals surface area contributed by atoms with Crippen molar-refractivity contribution < 1.29 is 14.7 Å². The highest BCUT2D eigenvalue weighted by Crippen LogP contribution is 2.15. The molecule has 0 saturated heterocycles. The summed E-state index contributed by atoms with van der Waals surface area (Å²) in [5.74, 6) is -1.54. The molecule has 0 atom stereocenters. The van der Waals surface area contributed by atoms with E-state index >= 15 is 0 Å². The predicted molar refractivity (Wildman–Crippen MR) is 58.5 cm³/mol. The Kier molecular flexibility index (Phi) is 3.62. The quantitative estimate of drug-likeness (QED) is 0.768. The van der Waals surface area contributed by atoms with Gasteiger partial charge in [-0.05, 0) is 30.0 Å². The SMILES string of the molecule is CC(=O)NC(=Cc1csc(C)c1)C(=O)O. The van der Waals surface area contributed by atoms with Gasteiger partial charge in [0.15, 0.2) is 0 Å². The van der Waals surface area contributed by atoms with Gasteiger partial charge in [0.25, 0.3) is 0 Å². The first-order chi connectivity index (χ1) is 6.99. The van der Waals surface area contributed by atoms with Crippen LogP contribution in [0.2, 0.25) is 0 Å². The van der Waals surface area contributed by atoms with E-state index in [2.05, 4.69) is 5.32 Å². The normalized spacial score (nSPS) is 11.2. The minimum Gasteiger partial charge on any atom is -0.477 e. The van der Waals surface area contributed by atoms with Crippen LogP contribution in [0.1, 0.15) is 17.4 Å². The summed E-state index contributed by atoms with van der Waals surface area (Å²) < 4.78 is 0. The van der Waals surface area contributed by atoms with Crippen molar-refractivity contribution in [3.05, 3.63) is 27.6 Å². The maximum absolute atomic E-state index is 10.8. The Morgan fingerprint density at radius 3 is 2.60 bits per heavy atom. The highest BCUT2D eigenvalue weighted by Gasteiger charge is 2.08. The van der Waals surface area contributed by atoms with Gasteiger partial charge < -0.3 is 10.4 Å². The van der Waals surface area contributed by atoms with Gasteiger partial charge in [0.05, 0.1) is 0 Å². The number of hydrogen-bond donors (Lipinski definition) is 2. The van der Waals surface area contributed by atoms with E-state index in [1.807, 2.05) is 18.4 Å². The first-order valence-electron chi connectivity index (χ1n) is 4.27. The van der Waals surface area contributed by atoms with E-state index in [1.165, 1.54) is 24.3 Å². The molecule has 4 nitrogen and oxygen atoms in total. The molecule has 0 aliphatic carbocycles. The van der Waals surface area contributed by atoms with Gasteiger partial charge in [-0.25, -0.2) is 4.79 Å². The third-order valence-electron chi connectivity index (χ3n) is 1.60. The topological polar surface area (TPSA) is 66.4 Å². The molecule has 0 radical (unpaired) electrons. The molecule has 1 amide bonds. The molecule has 0 aliphatic heterocycles. The summed E-state index contributed by atoms with van der Waals surface area (Å²) in [7, 11) is 0. The molecule has 1 aromatic rings. The first-order valence-corrected chi connectivity index (χ1v) is 5.14. The summed E-state index contributed by atoms with van der Waals surface area (Å²) in [6.45, 7) is 3.20. The van der Waals surface area contributed by atoms with Crippen molar-refractivity contribution in [2.24, 2.45) is 0 Å². The zero-order valence-corrected chi connectivity index (χ0v) is 9.22. The number of carbonyl (C=O) groups is 2. The molecule has 1 rings (SSSR count). The summed E-state index contributed by atoms with van der Waals surface area (Å²) in [4.78, 5) is 22.6. The average molecular weight is 225 g/mol. The predicted octanol–water partition coefficient (Wildman–Crippen LogP) is 1.62. The number of nitrogens with one attached hydrogen (secondary N) is 1. The molecular weight excluding hydrogens is 214 g/mol. The van der Waals surface area contributed by atoms with Gasteiger partial charge in [0.2, 0.25) is 5.91 Å². The van der Waals surface area contributed by atoms with Crippen LogP contribution in [0, 0.1) is 6.92 Å². The molecule has 0 saturated carbocycles. The van der Waals surface area contributed by atoms with Gasteiger partial charge in [-0.3, -0.25) is 4.79 Å². The monoisotopic (exact) mass is 225 g/mol. The zero-order valence-electron chi connectivity index (χ0n) is 8.40. The molecule has 0 spiro atoms. The van der Waals surface area contributed by atoms with Crippen molar-refractivity contribution in [1.29, 1.82) is 0 Å². The van der Waals surface area contributed by atoms with Gasteiger partial charge >= 0.3 is 5.97 Å². The standard InChI is InChI=1S/C10H11NO3S/c1-6-3-8(5-15-6)4-9(10(13)14)11-7(2)12/h3-5H,1-2H3,(H,11,12)(H,13,14). The molecule has 80 valence electrons. The fraction of sp³-hybridized carbons (Fsp3) is 0.200. The van der Waals surface area contributed by atoms with Crippen LogP contribution in [-0.4, -0.2) is 17.0 Å². The average Bonchev–Trinajstić information content (AvgIpc) is 2.49. The van der Waals surface area contributed by atoms with Crippen LogP contribution in [0.5, 0.6) is 0 Å². The van der Waals surface area contributed by atoms with Crippen LogP contribution in [0.4, 0.5) is 0 Å². The first kappa shape index (κ1) is 11.5. The molecule has 15 heavy (non-hydrogen) atoms. The Hall–Kier alpha value is -1.62.